The fraction of sp³-hybridized carbons (Fsp3) is 0.194. The largest absolute Gasteiger partial charge is 0.343 e. The summed E-state index contributed by atoms with van der Waals surface area (Å²) in [6.45, 7) is 1.42. The number of benzene rings is 2. The van der Waals surface area contributed by atoms with Gasteiger partial charge in [-0.3, -0.25) is 18.8 Å². The van der Waals surface area contributed by atoms with Gasteiger partial charge >= 0.3 is 11.7 Å². The monoisotopic (exact) mass is 590 g/mol. The van der Waals surface area contributed by atoms with E-state index in [0.29, 0.717) is 26.3 Å². The molecule has 2 heterocycles. The molecule has 2 N–H and O–H groups in total. The number of allylic oxidation sites excluding steroid dienone is 6. The van der Waals surface area contributed by atoms with Crippen molar-refractivity contribution >= 4 is 33.3 Å². The second-order valence-electron chi connectivity index (χ2n) is 9.68. The van der Waals surface area contributed by atoms with Gasteiger partial charge in [-0.1, -0.05) is 48.6 Å². The van der Waals surface area contributed by atoms with Crippen molar-refractivity contribution in [1.82, 2.24) is 14.6 Å². The summed E-state index contributed by atoms with van der Waals surface area (Å²) in [6.07, 6.45) is 11.2. The van der Waals surface area contributed by atoms with Crippen LogP contribution in [0.3, 0.4) is 0 Å². The van der Waals surface area contributed by atoms with Gasteiger partial charge in [0.25, 0.3) is 5.56 Å². The molecule has 1 aliphatic rings. The Hall–Kier alpha value is -4.61. The van der Waals surface area contributed by atoms with E-state index in [1.807, 2.05) is 30.4 Å². The summed E-state index contributed by atoms with van der Waals surface area (Å²) in [5.41, 5.74) is 3.46. The molecule has 216 valence electrons. The number of carbonyl (C=O) groups excluding carboxylic acids is 1. The molecule has 0 aliphatic heterocycles. The summed E-state index contributed by atoms with van der Waals surface area (Å²) in [6, 6.07) is 9.93. The van der Waals surface area contributed by atoms with Gasteiger partial charge in [0, 0.05) is 16.1 Å². The predicted molar refractivity (Wildman–Crippen MR) is 161 cm³/mol. The first-order chi connectivity index (χ1) is 20.3. The molecule has 2 amide bonds. The molecule has 0 fully saturated rings. The van der Waals surface area contributed by atoms with Gasteiger partial charge < -0.3 is 5.32 Å². The minimum absolute atomic E-state index is 0.0201. The average Bonchev–Trinajstić information content (AvgIpc) is 3.29. The van der Waals surface area contributed by atoms with Crippen molar-refractivity contribution in [3.8, 4) is 10.4 Å². The van der Waals surface area contributed by atoms with Crippen LogP contribution in [-0.2, 0) is 17.9 Å². The highest BCUT2D eigenvalue weighted by atomic mass is 32.1. The van der Waals surface area contributed by atoms with E-state index in [1.54, 1.807) is 31.2 Å². The van der Waals surface area contributed by atoms with Crippen LogP contribution in [-0.4, -0.2) is 22.3 Å². The molecule has 0 atom stereocenters. The van der Waals surface area contributed by atoms with E-state index < -0.39 is 28.9 Å². The van der Waals surface area contributed by atoms with E-state index in [9.17, 15) is 23.2 Å². The number of thiophene rings is 1. The number of halogens is 2. The predicted octanol–water partition coefficient (Wildman–Crippen LogP) is 6.04. The molecule has 1 aliphatic carbocycles. The third-order valence-corrected chi connectivity index (χ3v) is 8.27. The summed E-state index contributed by atoms with van der Waals surface area (Å²) in [5, 5.41) is 2.93. The van der Waals surface area contributed by atoms with Gasteiger partial charge in [0.1, 0.15) is 16.5 Å². The van der Waals surface area contributed by atoms with Crippen LogP contribution in [0.4, 0.5) is 19.3 Å². The van der Waals surface area contributed by atoms with Crippen LogP contribution in [0.15, 0.2) is 88.0 Å². The number of anilines is 1. The third kappa shape index (κ3) is 5.88. The molecule has 2 aromatic heterocycles. The first kappa shape index (κ1) is 28.9. The molecule has 42 heavy (non-hydrogen) atoms. The smallest absolute Gasteiger partial charge is 0.306 e. The van der Waals surface area contributed by atoms with Crippen molar-refractivity contribution < 1.29 is 18.4 Å². The Morgan fingerprint density at radius 1 is 1.00 bits per heavy atom. The molecule has 0 spiro atoms. The van der Waals surface area contributed by atoms with E-state index >= 15 is 0 Å². The lowest BCUT2D eigenvalue weighted by Gasteiger charge is -2.14. The van der Waals surface area contributed by atoms with E-state index in [-0.39, 0.29) is 18.7 Å². The van der Waals surface area contributed by atoms with E-state index in [1.165, 1.54) is 29.1 Å². The quantitative estimate of drug-likeness (QED) is 0.257. The number of urea groups is 1. The lowest BCUT2D eigenvalue weighted by Crippen LogP contribution is -2.40. The van der Waals surface area contributed by atoms with Crippen LogP contribution >= 0.6 is 11.3 Å². The second-order valence-corrected chi connectivity index (χ2v) is 10.7. The van der Waals surface area contributed by atoms with Gasteiger partial charge in [0.2, 0.25) is 0 Å². The third-order valence-electron chi connectivity index (χ3n) is 6.91. The number of nitrogens with zero attached hydrogens (tertiary/aromatic N) is 2. The molecular weight excluding hydrogens is 562 g/mol. The Labute approximate surface area is 243 Å². The molecule has 0 unspecified atom stereocenters. The fourth-order valence-corrected chi connectivity index (χ4v) is 6.13. The zero-order valence-electron chi connectivity index (χ0n) is 22.9. The summed E-state index contributed by atoms with van der Waals surface area (Å²) in [4.78, 5) is 45.2. The Morgan fingerprint density at radius 3 is 2.45 bits per heavy atom. The van der Waals surface area contributed by atoms with Crippen LogP contribution in [0.2, 0.25) is 0 Å². The maximum absolute atomic E-state index is 14.7. The molecule has 2 aromatic carbocycles. The molecule has 0 saturated heterocycles. The Bertz CT molecular complexity index is 1850. The van der Waals surface area contributed by atoms with Crippen molar-refractivity contribution in [2.45, 2.75) is 32.9 Å². The van der Waals surface area contributed by atoms with Gasteiger partial charge in [-0.15, -0.1) is 11.3 Å². The van der Waals surface area contributed by atoms with Crippen molar-refractivity contribution in [1.29, 1.82) is 0 Å². The Kier molecular flexibility index (Phi) is 8.60. The lowest BCUT2D eigenvalue weighted by atomic mass is 10.1. The highest BCUT2D eigenvalue weighted by molar-refractivity contribution is 7.22. The maximum Gasteiger partial charge on any atom is 0.343 e. The summed E-state index contributed by atoms with van der Waals surface area (Å²) < 4.78 is 31.9. The van der Waals surface area contributed by atoms with Gasteiger partial charge in [-0.2, -0.15) is 0 Å². The van der Waals surface area contributed by atoms with Crippen LogP contribution in [0, 0.1) is 18.6 Å². The molecule has 0 saturated carbocycles. The first-order valence-electron chi connectivity index (χ1n) is 13.2. The Balaban J connectivity index is 1.67. The summed E-state index contributed by atoms with van der Waals surface area (Å²) in [5.74, 6) is -1.56. The van der Waals surface area contributed by atoms with Crippen molar-refractivity contribution in [2.75, 3.05) is 12.4 Å². The maximum atomic E-state index is 14.7. The molecular formula is C31H28F2N4O4S. The number of carbonyl (C=O) groups is 1. The van der Waals surface area contributed by atoms with Crippen molar-refractivity contribution in [2.24, 2.45) is 0 Å². The van der Waals surface area contributed by atoms with E-state index in [2.05, 4.69) is 15.6 Å². The van der Waals surface area contributed by atoms with Crippen LogP contribution in [0.1, 0.15) is 24.0 Å². The average molecular weight is 591 g/mol. The molecule has 8 nitrogen and oxygen atoms in total. The topological polar surface area (TPSA) is 94.4 Å². The number of nitrogens with one attached hydrogen (secondary N) is 2. The van der Waals surface area contributed by atoms with Crippen molar-refractivity contribution in [3.63, 3.8) is 0 Å². The second kappa shape index (κ2) is 12.5. The highest BCUT2D eigenvalue weighted by Gasteiger charge is 2.23. The summed E-state index contributed by atoms with van der Waals surface area (Å²) in [7, 11) is 1.32. The normalized spacial score (nSPS) is 15.9. The minimum Gasteiger partial charge on any atom is -0.306 e. The fourth-order valence-electron chi connectivity index (χ4n) is 4.83. The molecule has 0 radical (unpaired) electrons. The number of fused-ring (bicyclic) bond motifs is 1. The van der Waals surface area contributed by atoms with Crippen LogP contribution in [0.5, 0.6) is 0 Å². The minimum atomic E-state index is -0.778. The number of amides is 2. The van der Waals surface area contributed by atoms with Gasteiger partial charge in [-0.05, 0) is 60.7 Å². The van der Waals surface area contributed by atoms with E-state index in [4.69, 9.17) is 0 Å². The lowest BCUT2D eigenvalue weighted by molar-refractivity contribution is 0.114. The molecule has 4 aromatic rings. The first-order valence-corrected chi connectivity index (χ1v) is 14.0. The summed E-state index contributed by atoms with van der Waals surface area (Å²) >= 11 is 1.20. The van der Waals surface area contributed by atoms with E-state index in [0.717, 1.165) is 40.7 Å². The molecule has 5 rings (SSSR count). The number of hydrogen-bond donors (Lipinski definition) is 2. The number of hydroxylamine groups is 1. The zero-order chi connectivity index (χ0) is 29.8. The van der Waals surface area contributed by atoms with Gasteiger partial charge in [0.05, 0.1) is 25.6 Å². The number of hydrogen-bond acceptors (Lipinski definition) is 5. The van der Waals surface area contributed by atoms with Crippen LogP contribution in [0.25, 0.3) is 20.7 Å². The highest BCUT2D eigenvalue weighted by Crippen LogP contribution is 2.37. The molecule has 0 bridgehead atoms. The standard InChI is InChI=1S/C31H28F2N4O4S/c1-19-26-28(38)36(17-20-9-6-4-3-5-7-10-20)31(40)37(18-23-24(32)11-8-12-25(23)33)29(26)42-27(19)21-13-15-22(16-14-21)34-30(39)35-41-2/h3-4,6,8-16H,5,7,17-18H2,1-2H3,(H2,34,35,39)/b4-3+,9-6-,20-10+. The zero-order valence-corrected chi connectivity index (χ0v) is 23.8. The Morgan fingerprint density at radius 2 is 1.74 bits per heavy atom. The SMILES string of the molecule is CONC(=O)Nc1ccc(-c2sc3c(c2C)c(=O)n(CC2=C/CC/C=C/C=C\2)c(=O)n3Cc2c(F)cccc2F)cc1. The van der Waals surface area contributed by atoms with Gasteiger partial charge in [0.15, 0.2) is 0 Å². The molecule has 11 heteroatoms. The van der Waals surface area contributed by atoms with Crippen LogP contribution < -0.4 is 22.0 Å². The number of aryl methyl sites for hydroxylation is 1. The van der Waals surface area contributed by atoms with Crippen molar-refractivity contribution in [3.05, 3.63) is 122 Å². The number of aromatic nitrogens is 2. The number of rotatable bonds is 7. The van der Waals surface area contributed by atoms with Gasteiger partial charge in [-0.25, -0.2) is 23.9 Å².